The van der Waals surface area contributed by atoms with Gasteiger partial charge in [-0.1, -0.05) is 13.8 Å². The second kappa shape index (κ2) is 12.8. The van der Waals surface area contributed by atoms with Gasteiger partial charge in [0.2, 0.25) is 17.7 Å². The number of amides is 3. The highest BCUT2D eigenvalue weighted by Crippen LogP contribution is 1.79. The lowest BCUT2D eigenvalue weighted by molar-refractivity contribution is -0.127. The first-order valence-corrected chi connectivity index (χ1v) is 6.01. The molecular weight excluding hydrogens is 254 g/mol. The molecule has 0 aliphatic carbocycles. The molecule has 0 saturated heterocycles. The molecule has 8 heteroatoms. The molecule has 0 spiro atoms. The van der Waals surface area contributed by atoms with Gasteiger partial charge in [0.15, 0.2) is 0 Å². The molecule has 0 saturated carbocycles. The number of aliphatic hydroxyl groups excluding tert-OH is 2. The summed E-state index contributed by atoms with van der Waals surface area (Å²) in [5.74, 6) is -1.38. The first-order valence-electron chi connectivity index (χ1n) is 6.01. The van der Waals surface area contributed by atoms with E-state index in [0.717, 1.165) is 0 Å². The van der Waals surface area contributed by atoms with Crippen LogP contribution in [0.5, 0.6) is 0 Å². The van der Waals surface area contributed by atoms with Gasteiger partial charge in [-0.15, -0.1) is 0 Å². The van der Waals surface area contributed by atoms with Crippen molar-refractivity contribution in [2.24, 2.45) is 0 Å². The lowest BCUT2D eigenvalue weighted by atomic mass is 10.3. The molecule has 0 radical (unpaired) electrons. The summed E-state index contributed by atoms with van der Waals surface area (Å²) in [4.78, 5) is 32.7. The van der Waals surface area contributed by atoms with Crippen molar-refractivity contribution in [3.63, 3.8) is 0 Å². The summed E-state index contributed by atoms with van der Waals surface area (Å²) in [6.07, 6.45) is 0. The Morgan fingerprint density at radius 1 is 1.00 bits per heavy atom. The van der Waals surface area contributed by atoms with E-state index < -0.39 is 17.9 Å². The molecular formula is C11H29N3O5. The molecule has 8 nitrogen and oxygen atoms in total. The number of carbonyl (C=O) groups is 3. The first-order chi connectivity index (χ1) is 8.99. The Morgan fingerprint density at radius 2 is 1.47 bits per heavy atom. The van der Waals surface area contributed by atoms with Crippen molar-refractivity contribution < 1.29 is 28.9 Å². The van der Waals surface area contributed by atoms with Crippen molar-refractivity contribution in [2.45, 2.75) is 26.8 Å². The van der Waals surface area contributed by atoms with Crippen LogP contribution in [-0.2, 0) is 14.4 Å². The predicted octanol–water partition coefficient (Wildman–Crippen LogP) is -1.53. The van der Waals surface area contributed by atoms with Gasteiger partial charge in [-0.2, -0.15) is 0 Å². The van der Waals surface area contributed by atoms with Crippen molar-refractivity contribution in [2.75, 3.05) is 26.3 Å². The third kappa shape index (κ3) is 12.6. The van der Waals surface area contributed by atoms with Crippen molar-refractivity contribution >= 4 is 17.7 Å². The van der Waals surface area contributed by atoms with Crippen LogP contribution < -0.4 is 16.0 Å². The molecule has 5 N–H and O–H groups in total. The first kappa shape index (κ1) is 19.7. The molecule has 0 aromatic carbocycles. The molecule has 0 unspecified atom stereocenters. The van der Waals surface area contributed by atoms with Crippen LogP contribution in [-0.4, -0.2) is 60.3 Å². The fourth-order valence-electron chi connectivity index (χ4n) is 0.874. The van der Waals surface area contributed by atoms with Crippen LogP contribution in [0.25, 0.3) is 0 Å². The molecule has 0 aliphatic rings. The quantitative estimate of drug-likeness (QED) is 0.387. The zero-order valence-electron chi connectivity index (χ0n) is 11.5. The second-order valence-corrected chi connectivity index (χ2v) is 3.32. The topological polar surface area (TPSA) is 128 Å². The summed E-state index contributed by atoms with van der Waals surface area (Å²) >= 11 is 0. The van der Waals surface area contributed by atoms with E-state index >= 15 is 0 Å². The summed E-state index contributed by atoms with van der Waals surface area (Å²) in [5, 5.41) is 24.2. The Bertz CT molecular complexity index is 292. The summed E-state index contributed by atoms with van der Waals surface area (Å²) in [7, 11) is 0. The Hall–Kier alpha value is -1.67. The minimum absolute atomic E-state index is 0. The Morgan fingerprint density at radius 3 is 1.89 bits per heavy atom. The van der Waals surface area contributed by atoms with E-state index in [4.69, 9.17) is 10.2 Å². The van der Waals surface area contributed by atoms with Crippen molar-refractivity contribution in [1.29, 1.82) is 0 Å². The van der Waals surface area contributed by atoms with Crippen LogP contribution in [0.3, 0.4) is 0 Å². The zero-order valence-corrected chi connectivity index (χ0v) is 11.5. The highest BCUT2D eigenvalue weighted by molar-refractivity contribution is 5.87. The number of rotatable bonds is 7. The van der Waals surface area contributed by atoms with Crippen LogP contribution in [0.1, 0.15) is 25.1 Å². The van der Waals surface area contributed by atoms with Crippen LogP contribution in [0.4, 0.5) is 0 Å². The average Bonchev–Trinajstić information content (AvgIpc) is 2.42. The molecule has 0 atom stereocenters. The maximum Gasteiger partial charge on any atom is 0.239 e. The van der Waals surface area contributed by atoms with Crippen molar-refractivity contribution in [3.05, 3.63) is 0 Å². The van der Waals surface area contributed by atoms with E-state index in [1.54, 1.807) is 0 Å². The van der Waals surface area contributed by atoms with Crippen LogP contribution in [0.15, 0.2) is 0 Å². The summed E-state index contributed by atoms with van der Waals surface area (Å²) < 4.78 is 0. The molecule has 0 rings (SSSR count). The normalized spacial score (nSPS) is 9.16. The number of hydrogen-bond acceptors (Lipinski definition) is 5. The predicted molar refractivity (Wildman–Crippen MR) is 75.5 cm³/mol. The molecule has 19 heavy (non-hydrogen) atoms. The number of hydrogen-bond donors (Lipinski definition) is 5. The molecule has 0 fully saturated rings. The van der Waals surface area contributed by atoms with Gasteiger partial charge in [0.25, 0.3) is 0 Å². The molecule has 0 aliphatic heterocycles. The second-order valence-electron chi connectivity index (χ2n) is 3.32. The SMILES string of the molecule is CC.CC(=O)NCC(=O)NCC(=O)NC(CO)CO.[HH].[HH].[HH]. The maximum absolute atomic E-state index is 11.2. The van der Waals surface area contributed by atoms with E-state index in [1.807, 2.05) is 13.8 Å². The van der Waals surface area contributed by atoms with E-state index in [0.29, 0.717) is 0 Å². The lowest BCUT2D eigenvalue weighted by Gasteiger charge is -2.13. The third-order valence-corrected chi connectivity index (χ3v) is 1.75. The molecule has 118 valence electrons. The van der Waals surface area contributed by atoms with E-state index in [9.17, 15) is 14.4 Å². The van der Waals surface area contributed by atoms with Crippen LogP contribution in [0, 0.1) is 0 Å². The van der Waals surface area contributed by atoms with Gasteiger partial charge in [0, 0.05) is 11.2 Å². The lowest BCUT2D eigenvalue weighted by Crippen LogP contribution is -2.46. The zero-order chi connectivity index (χ0) is 15.3. The van der Waals surface area contributed by atoms with Crippen LogP contribution >= 0.6 is 0 Å². The number of carbonyl (C=O) groups excluding carboxylic acids is 3. The Labute approximate surface area is 117 Å². The highest BCUT2D eigenvalue weighted by atomic mass is 16.3. The van der Waals surface area contributed by atoms with Crippen molar-refractivity contribution in [1.82, 2.24) is 16.0 Å². The standard InChI is InChI=1S/C9H17N3O5.C2H6.3H2/c1-6(15)10-2-8(16)11-3-9(17)12-7(4-13)5-14;1-2;;;/h7,13-14H,2-5H2,1H3,(H,10,15)(H,11,16)(H,12,17);1-2H3;3*1H. The highest BCUT2D eigenvalue weighted by Gasteiger charge is 2.10. The number of aliphatic hydroxyl groups is 2. The van der Waals surface area contributed by atoms with E-state index in [2.05, 4.69) is 16.0 Å². The average molecular weight is 283 g/mol. The Kier molecular flexibility index (Phi) is 13.2. The van der Waals surface area contributed by atoms with Gasteiger partial charge in [-0.3, -0.25) is 14.4 Å². The summed E-state index contributed by atoms with van der Waals surface area (Å²) in [6, 6.07) is -0.741. The van der Waals surface area contributed by atoms with Crippen molar-refractivity contribution in [3.8, 4) is 0 Å². The van der Waals surface area contributed by atoms with E-state index in [1.165, 1.54) is 6.92 Å². The summed E-state index contributed by atoms with van der Waals surface area (Å²) in [5.41, 5.74) is 0. The monoisotopic (exact) mass is 283 g/mol. The largest absolute Gasteiger partial charge is 0.394 e. The van der Waals surface area contributed by atoms with E-state index in [-0.39, 0.29) is 36.5 Å². The number of nitrogens with one attached hydrogen (secondary N) is 3. The molecule has 0 aromatic rings. The van der Waals surface area contributed by atoms with Gasteiger partial charge in [0.05, 0.1) is 32.3 Å². The molecule has 0 heterocycles. The molecule has 0 bridgehead atoms. The third-order valence-electron chi connectivity index (χ3n) is 1.75. The minimum atomic E-state index is -0.741. The minimum Gasteiger partial charge on any atom is -0.394 e. The van der Waals surface area contributed by atoms with Gasteiger partial charge in [-0.05, 0) is 0 Å². The molecule has 0 aromatic heterocycles. The molecule has 3 amide bonds. The van der Waals surface area contributed by atoms with Gasteiger partial charge < -0.3 is 26.2 Å². The fraction of sp³-hybridized carbons (Fsp3) is 0.727. The Balaban J connectivity index is -0.000000184. The summed E-state index contributed by atoms with van der Waals surface area (Å²) in [6.45, 7) is 4.01. The van der Waals surface area contributed by atoms with Gasteiger partial charge >= 0.3 is 0 Å². The van der Waals surface area contributed by atoms with Gasteiger partial charge in [-0.25, -0.2) is 0 Å². The smallest absolute Gasteiger partial charge is 0.239 e. The van der Waals surface area contributed by atoms with Gasteiger partial charge in [0.1, 0.15) is 0 Å². The van der Waals surface area contributed by atoms with Crippen LogP contribution in [0.2, 0.25) is 0 Å². The maximum atomic E-state index is 11.2. The fourth-order valence-corrected chi connectivity index (χ4v) is 0.874.